The number of ether oxygens (including phenoxy) is 1. The highest BCUT2D eigenvalue weighted by Gasteiger charge is 2.63. The molecule has 0 aromatic carbocycles. The van der Waals surface area contributed by atoms with Gasteiger partial charge in [0.05, 0.1) is 7.11 Å². The maximum absolute atomic E-state index is 11.9. The third-order valence-corrected chi connectivity index (χ3v) is 13.5. The quantitative estimate of drug-likeness (QED) is 0.225. The first-order chi connectivity index (χ1) is 17.1. The molecule has 214 valence electrons. The number of esters is 1. The summed E-state index contributed by atoms with van der Waals surface area (Å²) < 4.78 is 18.8. The number of carbonyl (C=O) groups excluding carboxylic acids is 1. The summed E-state index contributed by atoms with van der Waals surface area (Å²) in [6, 6.07) is 0. The first-order valence-corrected chi connectivity index (χ1v) is 22.3. The number of hydrogen-bond acceptors (Lipinski definition) is 4. The molecule has 0 N–H and O–H groups in total. The largest absolute Gasteiger partial charge is 0.469 e. The summed E-state index contributed by atoms with van der Waals surface area (Å²) in [7, 11) is -1.69. The fourth-order valence-electron chi connectivity index (χ4n) is 9.97. The number of methoxy groups -OCH3 is 1. The molecule has 4 saturated carbocycles. The highest BCUT2D eigenvalue weighted by atomic mass is 28.4. The van der Waals surface area contributed by atoms with Crippen LogP contribution in [0.3, 0.4) is 0 Å². The van der Waals surface area contributed by atoms with Gasteiger partial charge in [-0.2, -0.15) is 0 Å². The Bertz CT molecular complexity index is 819. The zero-order valence-electron chi connectivity index (χ0n) is 25.8. The molecule has 0 amide bonds. The van der Waals surface area contributed by atoms with E-state index in [1.165, 1.54) is 58.5 Å². The molecular weight excluding hydrogens is 493 g/mol. The third kappa shape index (κ3) is 6.12. The van der Waals surface area contributed by atoms with Gasteiger partial charge in [0.25, 0.3) is 0 Å². The number of carbonyl (C=O) groups is 1. The van der Waals surface area contributed by atoms with Crippen molar-refractivity contribution in [1.29, 1.82) is 0 Å². The van der Waals surface area contributed by atoms with Crippen LogP contribution in [0.25, 0.3) is 0 Å². The molecule has 0 heterocycles. The lowest BCUT2D eigenvalue weighted by molar-refractivity contribution is -0.168. The predicted molar refractivity (Wildman–Crippen MR) is 157 cm³/mol. The fraction of sp³-hybridized carbons (Fsp3) is 0.968. The lowest BCUT2D eigenvalue weighted by Crippen LogP contribution is -2.60. The first kappa shape index (κ1) is 29.8. The molecule has 6 heteroatoms. The van der Waals surface area contributed by atoms with E-state index in [1.54, 1.807) is 0 Å². The monoisotopic (exact) mass is 550 g/mol. The lowest BCUT2D eigenvalue weighted by Gasteiger charge is -2.64. The van der Waals surface area contributed by atoms with Gasteiger partial charge in [-0.3, -0.25) is 4.79 Å². The van der Waals surface area contributed by atoms with Crippen molar-refractivity contribution >= 4 is 22.6 Å². The Morgan fingerprint density at radius 1 is 0.865 bits per heavy atom. The van der Waals surface area contributed by atoms with Gasteiger partial charge in [-0.1, -0.05) is 20.8 Å². The maximum Gasteiger partial charge on any atom is 0.305 e. The number of fused-ring (bicyclic) bond motifs is 5. The Morgan fingerprint density at radius 3 is 2.11 bits per heavy atom. The van der Waals surface area contributed by atoms with Crippen molar-refractivity contribution in [2.75, 3.05) is 7.11 Å². The summed E-state index contributed by atoms with van der Waals surface area (Å²) in [4.78, 5) is 11.9. The fourth-order valence-corrected chi connectivity index (χ4v) is 12.3. The standard InChI is InChI=1S/C31H58O4Si2/c1-21(11-14-28(32)33-4)24-12-13-25-29-26(16-18-31(24,25)3)30(2)17-15-23(34-36(5,6)7)19-22(30)20-27(29)35-37(8,9)10/h21-27,29H,11-20H2,1-10H3/t21-,22+,23-,24-,25+,26+,27+,29+,30+,31-/m1/s1. The minimum absolute atomic E-state index is 0.0567. The summed E-state index contributed by atoms with van der Waals surface area (Å²) in [5.41, 5.74) is 0.804. The van der Waals surface area contributed by atoms with E-state index in [2.05, 4.69) is 60.1 Å². The van der Waals surface area contributed by atoms with Gasteiger partial charge in [-0.15, -0.1) is 0 Å². The summed E-state index contributed by atoms with van der Waals surface area (Å²) in [5.74, 6) is 4.18. The molecule has 4 aliphatic rings. The summed E-state index contributed by atoms with van der Waals surface area (Å²) in [6.07, 6.45) is 12.8. The third-order valence-electron chi connectivity index (χ3n) is 11.4. The molecule has 4 aliphatic carbocycles. The normalized spacial score (nSPS) is 42.9. The van der Waals surface area contributed by atoms with Crippen LogP contribution in [0.15, 0.2) is 0 Å². The molecule has 0 saturated heterocycles. The van der Waals surface area contributed by atoms with Crippen LogP contribution in [-0.4, -0.2) is 41.9 Å². The molecule has 0 bridgehead atoms. The van der Waals surface area contributed by atoms with Crippen molar-refractivity contribution in [3.63, 3.8) is 0 Å². The lowest BCUT2D eigenvalue weighted by atomic mass is 9.43. The maximum atomic E-state index is 11.9. The van der Waals surface area contributed by atoms with E-state index >= 15 is 0 Å². The van der Waals surface area contributed by atoms with Gasteiger partial charge in [0.2, 0.25) is 0 Å². The average molecular weight is 551 g/mol. The van der Waals surface area contributed by atoms with Crippen LogP contribution in [-0.2, 0) is 18.4 Å². The van der Waals surface area contributed by atoms with E-state index in [9.17, 15) is 4.79 Å². The van der Waals surface area contributed by atoms with E-state index < -0.39 is 16.6 Å². The first-order valence-electron chi connectivity index (χ1n) is 15.5. The van der Waals surface area contributed by atoms with E-state index in [0.29, 0.717) is 47.2 Å². The summed E-state index contributed by atoms with van der Waals surface area (Å²) in [6.45, 7) is 21.9. The second kappa shape index (κ2) is 10.7. The summed E-state index contributed by atoms with van der Waals surface area (Å²) >= 11 is 0. The Balaban J connectivity index is 1.59. The van der Waals surface area contributed by atoms with Crippen molar-refractivity contribution in [2.45, 2.75) is 136 Å². The van der Waals surface area contributed by atoms with Gasteiger partial charge < -0.3 is 13.6 Å². The Morgan fingerprint density at radius 2 is 1.49 bits per heavy atom. The highest BCUT2D eigenvalue weighted by Crippen LogP contribution is 2.69. The van der Waals surface area contributed by atoms with Crippen molar-refractivity contribution in [3.05, 3.63) is 0 Å². The van der Waals surface area contributed by atoms with Gasteiger partial charge in [-0.25, -0.2) is 0 Å². The van der Waals surface area contributed by atoms with E-state index in [-0.39, 0.29) is 5.97 Å². The molecule has 37 heavy (non-hydrogen) atoms. The van der Waals surface area contributed by atoms with E-state index in [0.717, 1.165) is 24.2 Å². The van der Waals surface area contributed by atoms with Gasteiger partial charge >= 0.3 is 5.97 Å². The van der Waals surface area contributed by atoms with Crippen LogP contribution in [0.1, 0.15) is 85.0 Å². The van der Waals surface area contributed by atoms with Crippen LogP contribution < -0.4 is 0 Å². The van der Waals surface area contributed by atoms with Crippen LogP contribution in [0.2, 0.25) is 39.3 Å². The van der Waals surface area contributed by atoms with Crippen molar-refractivity contribution in [1.82, 2.24) is 0 Å². The molecule has 0 unspecified atom stereocenters. The minimum Gasteiger partial charge on any atom is -0.469 e. The molecule has 0 spiro atoms. The molecule has 0 aromatic heterocycles. The van der Waals surface area contributed by atoms with Crippen LogP contribution in [0, 0.1) is 46.3 Å². The number of rotatable bonds is 8. The molecule has 4 fully saturated rings. The summed E-state index contributed by atoms with van der Waals surface area (Å²) in [5, 5.41) is 0. The number of hydrogen-bond donors (Lipinski definition) is 0. The minimum atomic E-state index is -1.67. The van der Waals surface area contributed by atoms with Crippen molar-refractivity contribution in [3.8, 4) is 0 Å². The van der Waals surface area contributed by atoms with Crippen molar-refractivity contribution < 1.29 is 18.4 Å². The van der Waals surface area contributed by atoms with Gasteiger partial charge in [-0.05, 0) is 143 Å². The van der Waals surface area contributed by atoms with Crippen LogP contribution in [0.5, 0.6) is 0 Å². The zero-order chi connectivity index (χ0) is 27.4. The molecule has 0 radical (unpaired) electrons. The van der Waals surface area contributed by atoms with Gasteiger partial charge in [0.15, 0.2) is 16.6 Å². The average Bonchev–Trinajstić information content (AvgIpc) is 3.13. The second-order valence-corrected chi connectivity index (χ2v) is 24.9. The van der Waals surface area contributed by atoms with Gasteiger partial charge in [0.1, 0.15) is 0 Å². The predicted octanol–water partition coefficient (Wildman–Crippen LogP) is 8.28. The molecule has 10 atom stereocenters. The zero-order valence-corrected chi connectivity index (χ0v) is 27.8. The van der Waals surface area contributed by atoms with E-state index in [1.807, 2.05) is 0 Å². The molecule has 0 aliphatic heterocycles. The smallest absolute Gasteiger partial charge is 0.305 e. The topological polar surface area (TPSA) is 44.8 Å². The van der Waals surface area contributed by atoms with Gasteiger partial charge in [0, 0.05) is 18.6 Å². The molecule has 0 aromatic rings. The molecule has 4 nitrogen and oxygen atoms in total. The Labute approximate surface area is 230 Å². The second-order valence-electron chi connectivity index (χ2n) is 15.9. The Hall–Kier alpha value is -0.176. The van der Waals surface area contributed by atoms with Crippen LogP contribution in [0.4, 0.5) is 0 Å². The van der Waals surface area contributed by atoms with Crippen molar-refractivity contribution in [2.24, 2.45) is 46.3 Å². The highest BCUT2D eigenvalue weighted by molar-refractivity contribution is 6.70. The SMILES string of the molecule is COC(=O)CC[C@@H](C)[C@H]1CC[C@H]2[C@@H]3[C@@H](O[Si](C)(C)C)C[C@@H]4C[C@H](O[Si](C)(C)C)CC[C@]4(C)[C@H]3CC[C@]12C. The van der Waals surface area contributed by atoms with Crippen LogP contribution >= 0.6 is 0 Å². The molecule has 4 rings (SSSR count). The van der Waals surface area contributed by atoms with E-state index in [4.69, 9.17) is 13.6 Å². The Kier molecular flexibility index (Phi) is 8.59. The molecular formula is C31H58O4Si2.